The first-order chi connectivity index (χ1) is 8.45. The fourth-order valence-corrected chi connectivity index (χ4v) is 1.47. The second-order valence-corrected chi connectivity index (χ2v) is 4.03. The van der Waals surface area contributed by atoms with Gasteiger partial charge in [-0.05, 0) is 25.1 Å². The van der Waals surface area contributed by atoms with Crippen molar-refractivity contribution in [2.24, 2.45) is 0 Å². The van der Waals surface area contributed by atoms with E-state index in [9.17, 15) is 18.0 Å². The highest BCUT2D eigenvalue weighted by atomic mass is 19.4. The van der Waals surface area contributed by atoms with Crippen LogP contribution in [0.25, 0.3) is 0 Å². The van der Waals surface area contributed by atoms with E-state index in [0.717, 1.165) is 25.0 Å². The summed E-state index contributed by atoms with van der Waals surface area (Å²) >= 11 is 0. The van der Waals surface area contributed by atoms with Crippen molar-refractivity contribution in [2.75, 3.05) is 13.1 Å². The Morgan fingerprint density at radius 3 is 2.67 bits per heavy atom. The van der Waals surface area contributed by atoms with Crippen LogP contribution in [0.5, 0.6) is 0 Å². The van der Waals surface area contributed by atoms with Gasteiger partial charge < -0.3 is 5.32 Å². The van der Waals surface area contributed by atoms with Gasteiger partial charge in [0.2, 0.25) is 0 Å². The van der Waals surface area contributed by atoms with E-state index in [-0.39, 0.29) is 17.9 Å². The van der Waals surface area contributed by atoms with Gasteiger partial charge in [0.05, 0.1) is 12.1 Å². The Morgan fingerprint density at radius 2 is 2.06 bits per heavy atom. The highest BCUT2D eigenvalue weighted by Gasteiger charge is 2.30. The first-order valence-electron chi connectivity index (χ1n) is 5.86. The van der Waals surface area contributed by atoms with E-state index in [1.165, 1.54) is 12.1 Å². The number of carbonyl (C=O) groups excluding carboxylic acids is 1. The molecule has 0 bridgehead atoms. The highest BCUT2D eigenvalue weighted by Crippen LogP contribution is 2.29. The zero-order valence-corrected chi connectivity index (χ0v) is 10.2. The Balaban J connectivity index is 2.63. The van der Waals surface area contributed by atoms with Crippen LogP contribution in [0.15, 0.2) is 24.3 Å². The van der Waals surface area contributed by atoms with Gasteiger partial charge in [0.25, 0.3) is 0 Å². The summed E-state index contributed by atoms with van der Waals surface area (Å²) in [5, 5.41) is 2.91. The number of unbranched alkanes of at least 4 members (excludes halogenated alkanes) is 1. The molecule has 0 radical (unpaired) electrons. The number of halogens is 3. The molecular formula is C13H16F3NO. The van der Waals surface area contributed by atoms with Gasteiger partial charge in [-0.1, -0.05) is 25.5 Å². The SMILES string of the molecule is CCCCNCC(=O)c1cccc(C(F)(F)F)c1. The highest BCUT2D eigenvalue weighted by molar-refractivity contribution is 5.97. The van der Waals surface area contributed by atoms with E-state index in [1.54, 1.807) is 0 Å². The molecule has 100 valence electrons. The second kappa shape index (κ2) is 6.54. The number of benzene rings is 1. The molecule has 2 nitrogen and oxygen atoms in total. The molecule has 0 saturated heterocycles. The van der Waals surface area contributed by atoms with Gasteiger partial charge >= 0.3 is 6.18 Å². The van der Waals surface area contributed by atoms with Crippen molar-refractivity contribution in [2.45, 2.75) is 25.9 Å². The lowest BCUT2D eigenvalue weighted by molar-refractivity contribution is -0.137. The van der Waals surface area contributed by atoms with Gasteiger partial charge in [0.15, 0.2) is 5.78 Å². The molecule has 1 aromatic carbocycles. The first-order valence-corrected chi connectivity index (χ1v) is 5.86. The number of hydrogen-bond donors (Lipinski definition) is 1. The third-order valence-electron chi connectivity index (χ3n) is 2.50. The molecule has 0 aliphatic carbocycles. The Labute approximate surface area is 104 Å². The zero-order valence-electron chi connectivity index (χ0n) is 10.2. The van der Waals surface area contributed by atoms with Crippen molar-refractivity contribution in [3.63, 3.8) is 0 Å². The lowest BCUT2D eigenvalue weighted by atomic mass is 10.1. The van der Waals surface area contributed by atoms with Gasteiger partial charge in [-0.25, -0.2) is 0 Å². The minimum absolute atomic E-state index is 0.0707. The number of rotatable bonds is 6. The van der Waals surface area contributed by atoms with E-state index >= 15 is 0 Å². The van der Waals surface area contributed by atoms with Crippen LogP contribution in [0.2, 0.25) is 0 Å². The van der Waals surface area contributed by atoms with Crippen molar-refractivity contribution in [3.8, 4) is 0 Å². The molecule has 1 rings (SSSR count). The third kappa shape index (κ3) is 4.49. The summed E-state index contributed by atoms with van der Waals surface area (Å²) in [6, 6.07) is 4.51. The molecule has 0 aliphatic heterocycles. The minimum Gasteiger partial charge on any atom is -0.310 e. The molecule has 0 unspecified atom stereocenters. The third-order valence-corrected chi connectivity index (χ3v) is 2.50. The van der Waals surface area contributed by atoms with E-state index in [4.69, 9.17) is 0 Å². The number of Topliss-reactive ketones (excluding diaryl/α,β-unsaturated/α-hetero) is 1. The van der Waals surface area contributed by atoms with Crippen LogP contribution >= 0.6 is 0 Å². The quantitative estimate of drug-likeness (QED) is 0.627. The molecule has 0 spiro atoms. The molecule has 1 N–H and O–H groups in total. The summed E-state index contributed by atoms with van der Waals surface area (Å²) in [7, 11) is 0. The normalized spacial score (nSPS) is 11.6. The van der Waals surface area contributed by atoms with E-state index in [1.807, 2.05) is 6.92 Å². The summed E-state index contributed by atoms with van der Waals surface area (Å²) in [5.41, 5.74) is -0.698. The molecule has 0 aromatic heterocycles. The summed E-state index contributed by atoms with van der Waals surface area (Å²) < 4.78 is 37.4. The summed E-state index contributed by atoms with van der Waals surface area (Å²) in [5.74, 6) is -0.322. The molecule has 0 saturated carbocycles. The van der Waals surface area contributed by atoms with Crippen LogP contribution < -0.4 is 5.32 Å². The Bertz CT molecular complexity index is 401. The van der Waals surface area contributed by atoms with E-state index < -0.39 is 11.7 Å². The largest absolute Gasteiger partial charge is 0.416 e. The predicted molar refractivity (Wildman–Crippen MR) is 63.6 cm³/mol. The molecule has 0 aliphatic rings. The van der Waals surface area contributed by atoms with E-state index in [2.05, 4.69) is 5.32 Å². The number of ketones is 1. The first kappa shape index (κ1) is 14.7. The minimum atomic E-state index is -4.41. The van der Waals surface area contributed by atoms with Crippen LogP contribution in [0.3, 0.4) is 0 Å². The van der Waals surface area contributed by atoms with Gasteiger partial charge in [0, 0.05) is 5.56 Å². The van der Waals surface area contributed by atoms with Crippen LogP contribution in [-0.2, 0) is 6.18 Å². The summed E-state index contributed by atoms with van der Waals surface area (Å²) in [6.07, 6.45) is -2.47. The topological polar surface area (TPSA) is 29.1 Å². The summed E-state index contributed by atoms with van der Waals surface area (Å²) in [6.45, 7) is 2.79. The maximum absolute atomic E-state index is 12.5. The Morgan fingerprint density at radius 1 is 1.33 bits per heavy atom. The van der Waals surface area contributed by atoms with Crippen molar-refractivity contribution in [1.82, 2.24) is 5.32 Å². The van der Waals surface area contributed by atoms with Crippen molar-refractivity contribution in [1.29, 1.82) is 0 Å². The Hall–Kier alpha value is -1.36. The van der Waals surface area contributed by atoms with Crippen molar-refractivity contribution < 1.29 is 18.0 Å². The van der Waals surface area contributed by atoms with Crippen LogP contribution in [-0.4, -0.2) is 18.9 Å². The standard InChI is InChI=1S/C13H16F3NO/c1-2-3-7-17-9-12(18)10-5-4-6-11(8-10)13(14,15)16/h4-6,8,17H,2-3,7,9H2,1H3. The Kier molecular flexibility index (Phi) is 5.34. The molecule has 0 amide bonds. The molecule has 1 aromatic rings. The lowest BCUT2D eigenvalue weighted by Crippen LogP contribution is -2.24. The number of hydrogen-bond acceptors (Lipinski definition) is 2. The second-order valence-electron chi connectivity index (χ2n) is 4.03. The van der Waals surface area contributed by atoms with E-state index in [0.29, 0.717) is 6.54 Å². The van der Waals surface area contributed by atoms with Crippen molar-refractivity contribution >= 4 is 5.78 Å². The van der Waals surface area contributed by atoms with Crippen LogP contribution in [0, 0.1) is 0 Å². The van der Waals surface area contributed by atoms with Gasteiger partial charge in [-0.15, -0.1) is 0 Å². The number of alkyl halides is 3. The van der Waals surface area contributed by atoms with Crippen molar-refractivity contribution in [3.05, 3.63) is 35.4 Å². The van der Waals surface area contributed by atoms with Gasteiger partial charge in [-0.3, -0.25) is 4.79 Å². The monoisotopic (exact) mass is 259 g/mol. The fraction of sp³-hybridized carbons (Fsp3) is 0.462. The number of nitrogens with one attached hydrogen (secondary N) is 1. The number of carbonyl (C=O) groups is 1. The van der Waals surface area contributed by atoms with Crippen LogP contribution in [0.1, 0.15) is 35.7 Å². The van der Waals surface area contributed by atoms with Crippen LogP contribution in [0.4, 0.5) is 13.2 Å². The molecule has 0 atom stereocenters. The molecule has 18 heavy (non-hydrogen) atoms. The lowest BCUT2D eigenvalue weighted by Gasteiger charge is -2.08. The van der Waals surface area contributed by atoms with Gasteiger partial charge in [0.1, 0.15) is 0 Å². The fourth-order valence-electron chi connectivity index (χ4n) is 1.47. The maximum Gasteiger partial charge on any atom is 0.416 e. The molecule has 0 fully saturated rings. The maximum atomic E-state index is 12.5. The molecule has 5 heteroatoms. The smallest absolute Gasteiger partial charge is 0.310 e. The van der Waals surface area contributed by atoms with Gasteiger partial charge in [-0.2, -0.15) is 13.2 Å². The average Bonchev–Trinajstić information content (AvgIpc) is 2.33. The molecule has 0 heterocycles. The summed E-state index contributed by atoms with van der Waals surface area (Å²) in [4.78, 5) is 11.7. The predicted octanol–water partition coefficient (Wildman–Crippen LogP) is 3.28. The zero-order chi connectivity index (χ0) is 13.6. The average molecular weight is 259 g/mol. The molecular weight excluding hydrogens is 243 g/mol.